The summed E-state index contributed by atoms with van der Waals surface area (Å²) in [7, 11) is -2.74. The van der Waals surface area contributed by atoms with Crippen LogP contribution in [0.25, 0.3) is 0 Å². The molecule has 0 unspecified atom stereocenters. The van der Waals surface area contributed by atoms with Gasteiger partial charge in [0.15, 0.2) is 0 Å². The first-order valence-corrected chi connectivity index (χ1v) is 11.7. The van der Waals surface area contributed by atoms with E-state index in [0.29, 0.717) is 18.5 Å². The predicted octanol–water partition coefficient (Wildman–Crippen LogP) is 4.41. The summed E-state index contributed by atoms with van der Waals surface area (Å²) in [4.78, 5) is 24.1. The average Bonchev–Trinajstić information content (AvgIpc) is 2.79. The van der Waals surface area contributed by atoms with Crippen LogP contribution in [-0.2, 0) is 21.2 Å². The highest BCUT2D eigenvalue weighted by Gasteiger charge is 2.25. The summed E-state index contributed by atoms with van der Waals surface area (Å²) >= 11 is 6.15. The normalized spacial score (nSPS) is 13.1. The molecule has 0 saturated heterocycles. The van der Waals surface area contributed by atoms with Crippen LogP contribution in [0.2, 0.25) is 5.02 Å². The number of benzene rings is 3. The van der Waals surface area contributed by atoms with Crippen molar-refractivity contribution >= 4 is 44.9 Å². The molecular formula is C23H18ClFN2O5S. The van der Waals surface area contributed by atoms with Crippen molar-refractivity contribution in [3.8, 4) is 5.75 Å². The zero-order chi connectivity index (χ0) is 23.8. The minimum atomic E-state index is -4.06. The quantitative estimate of drug-likeness (QED) is 0.424. The van der Waals surface area contributed by atoms with Gasteiger partial charge in [0.1, 0.15) is 11.6 Å². The summed E-state index contributed by atoms with van der Waals surface area (Å²) < 4.78 is 45.7. The number of carbonyl (C=O) groups excluding carboxylic acids is 2. The zero-order valence-corrected chi connectivity index (χ0v) is 18.9. The highest BCUT2D eigenvalue weighted by molar-refractivity contribution is 7.92. The lowest BCUT2D eigenvalue weighted by molar-refractivity contribution is -0.116. The van der Waals surface area contributed by atoms with Crippen LogP contribution in [0.15, 0.2) is 65.6 Å². The summed E-state index contributed by atoms with van der Waals surface area (Å²) in [5.74, 6) is -1.17. The number of sulfonamides is 1. The van der Waals surface area contributed by atoms with Crippen molar-refractivity contribution in [2.45, 2.75) is 17.7 Å². The molecule has 0 bridgehead atoms. The molecule has 33 heavy (non-hydrogen) atoms. The van der Waals surface area contributed by atoms with Crippen LogP contribution in [0.4, 0.5) is 15.8 Å². The van der Waals surface area contributed by atoms with E-state index in [1.54, 1.807) is 12.1 Å². The number of nitrogens with zero attached hydrogens (tertiary/aromatic N) is 1. The molecule has 1 heterocycles. The molecule has 0 aliphatic carbocycles. The van der Waals surface area contributed by atoms with Crippen molar-refractivity contribution in [3.05, 3.63) is 82.6 Å². The van der Waals surface area contributed by atoms with Crippen molar-refractivity contribution in [1.82, 2.24) is 0 Å². The van der Waals surface area contributed by atoms with Crippen LogP contribution in [0.1, 0.15) is 22.3 Å². The Morgan fingerprint density at radius 3 is 2.52 bits per heavy atom. The number of aryl methyl sites for hydroxylation is 1. The van der Waals surface area contributed by atoms with Gasteiger partial charge in [0.2, 0.25) is 5.91 Å². The molecule has 0 aromatic heterocycles. The zero-order valence-electron chi connectivity index (χ0n) is 17.3. The minimum Gasteiger partial charge on any atom is -0.423 e. The van der Waals surface area contributed by atoms with E-state index in [-0.39, 0.29) is 32.8 Å². The van der Waals surface area contributed by atoms with E-state index >= 15 is 0 Å². The number of esters is 1. The summed E-state index contributed by atoms with van der Waals surface area (Å²) in [6, 6.07) is 13.5. The largest absolute Gasteiger partial charge is 0.423 e. The molecule has 1 N–H and O–H groups in total. The van der Waals surface area contributed by atoms with Crippen molar-refractivity contribution in [1.29, 1.82) is 0 Å². The van der Waals surface area contributed by atoms with Gasteiger partial charge in [0.25, 0.3) is 10.0 Å². The minimum absolute atomic E-state index is 0.0219. The smallest absolute Gasteiger partial charge is 0.345 e. The van der Waals surface area contributed by atoms with E-state index in [1.165, 1.54) is 37.4 Å². The van der Waals surface area contributed by atoms with E-state index < -0.39 is 21.8 Å². The molecule has 0 fully saturated rings. The van der Waals surface area contributed by atoms with Gasteiger partial charge in [0, 0.05) is 19.2 Å². The van der Waals surface area contributed by atoms with Gasteiger partial charge in [-0.1, -0.05) is 11.6 Å². The summed E-state index contributed by atoms with van der Waals surface area (Å²) in [6.45, 7) is 0. The molecule has 170 valence electrons. The number of anilines is 2. The van der Waals surface area contributed by atoms with Gasteiger partial charge in [-0.05, 0) is 72.6 Å². The number of rotatable bonds is 5. The molecule has 1 aliphatic heterocycles. The van der Waals surface area contributed by atoms with Gasteiger partial charge >= 0.3 is 5.97 Å². The third-order valence-electron chi connectivity index (χ3n) is 5.19. The number of hydrogen-bond acceptors (Lipinski definition) is 5. The first kappa shape index (κ1) is 22.8. The predicted molar refractivity (Wildman–Crippen MR) is 122 cm³/mol. The number of carbonyl (C=O) groups is 2. The van der Waals surface area contributed by atoms with Crippen LogP contribution in [-0.4, -0.2) is 27.3 Å². The Morgan fingerprint density at radius 1 is 1.06 bits per heavy atom. The Bertz CT molecular complexity index is 1360. The van der Waals surface area contributed by atoms with Gasteiger partial charge in [-0.15, -0.1) is 0 Å². The summed E-state index contributed by atoms with van der Waals surface area (Å²) in [5, 5.41) is 2.76. The fourth-order valence-corrected chi connectivity index (χ4v) is 4.77. The standard InChI is InChI=1S/C23H18ClFN2O5S/c1-27(16-5-3-15(25)4-6-16)33(30,31)18-8-9-20(24)19(13-18)23(29)32-17-7-10-21-14(12-17)2-11-22(28)26-21/h3-10,12-13H,2,11H2,1H3,(H,26,28). The maximum Gasteiger partial charge on any atom is 0.345 e. The van der Waals surface area contributed by atoms with E-state index in [2.05, 4.69) is 5.32 Å². The molecule has 1 aliphatic rings. The molecule has 0 radical (unpaired) electrons. The van der Waals surface area contributed by atoms with Crippen molar-refractivity contribution in [2.24, 2.45) is 0 Å². The first-order valence-electron chi connectivity index (χ1n) is 9.84. The van der Waals surface area contributed by atoms with E-state index in [0.717, 1.165) is 28.1 Å². The average molecular weight is 489 g/mol. The lowest BCUT2D eigenvalue weighted by atomic mass is 10.0. The topological polar surface area (TPSA) is 92.8 Å². The molecule has 1 amide bonds. The van der Waals surface area contributed by atoms with Gasteiger partial charge in [-0.2, -0.15) is 0 Å². The second-order valence-electron chi connectivity index (χ2n) is 7.35. The number of ether oxygens (including phenoxy) is 1. The number of halogens is 2. The van der Waals surface area contributed by atoms with Crippen molar-refractivity contribution in [2.75, 3.05) is 16.7 Å². The van der Waals surface area contributed by atoms with Crippen LogP contribution >= 0.6 is 11.6 Å². The molecular weight excluding hydrogens is 471 g/mol. The molecule has 3 aromatic rings. The highest BCUT2D eigenvalue weighted by atomic mass is 35.5. The van der Waals surface area contributed by atoms with E-state index in [1.807, 2.05) is 0 Å². The van der Waals surface area contributed by atoms with Gasteiger partial charge in [-0.3, -0.25) is 9.10 Å². The molecule has 3 aromatic carbocycles. The van der Waals surface area contributed by atoms with Gasteiger partial charge < -0.3 is 10.1 Å². The van der Waals surface area contributed by atoms with E-state index in [4.69, 9.17) is 16.3 Å². The van der Waals surface area contributed by atoms with Crippen LogP contribution in [0.5, 0.6) is 5.75 Å². The first-order chi connectivity index (χ1) is 15.6. The monoisotopic (exact) mass is 488 g/mol. The SMILES string of the molecule is CN(c1ccc(F)cc1)S(=O)(=O)c1ccc(Cl)c(C(=O)Oc2ccc3c(c2)CCC(=O)N3)c1. The Kier molecular flexibility index (Phi) is 6.09. The van der Waals surface area contributed by atoms with E-state index in [9.17, 15) is 22.4 Å². The lowest BCUT2D eigenvalue weighted by Gasteiger charge is -2.20. The third kappa shape index (κ3) is 4.69. The molecule has 0 saturated carbocycles. The molecule has 7 nitrogen and oxygen atoms in total. The number of fused-ring (bicyclic) bond motifs is 1. The van der Waals surface area contributed by atoms with Crippen LogP contribution < -0.4 is 14.4 Å². The summed E-state index contributed by atoms with van der Waals surface area (Å²) in [5.41, 5.74) is 1.59. The van der Waals surface area contributed by atoms with Gasteiger partial charge in [-0.25, -0.2) is 17.6 Å². The number of nitrogens with one attached hydrogen (secondary N) is 1. The number of amides is 1. The van der Waals surface area contributed by atoms with Crippen molar-refractivity contribution < 1.29 is 27.1 Å². The van der Waals surface area contributed by atoms with Gasteiger partial charge in [0.05, 0.1) is 21.2 Å². The fraction of sp³-hybridized carbons (Fsp3) is 0.130. The molecule has 4 rings (SSSR count). The summed E-state index contributed by atoms with van der Waals surface area (Å²) in [6.07, 6.45) is 0.842. The fourth-order valence-electron chi connectivity index (χ4n) is 3.35. The lowest BCUT2D eigenvalue weighted by Crippen LogP contribution is -2.27. The third-order valence-corrected chi connectivity index (χ3v) is 7.30. The Hall–Kier alpha value is -3.43. The number of hydrogen-bond donors (Lipinski definition) is 1. The molecule has 0 spiro atoms. The second-order valence-corrected chi connectivity index (χ2v) is 9.72. The maximum atomic E-state index is 13.2. The Morgan fingerprint density at radius 2 is 1.79 bits per heavy atom. The van der Waals surface area contributed by atoms with Crippen LogP contribution in [0.3, 0.4) is 0 Å². The maximum absolute atomic E-state index is 13.2. The Balaban J connectivity index is 1.60. The Labute approximate surface area is 194 Å². The second kappa shape index (κ2) is 8.84. The molecule has 10 heteroatoms. The van der Waals surface area contributed by atoms with Crippen LogP contribution in [0, 0.1) is 5.82 Å². The molecule has 0 atom stereocenters. The highest BCUT2D eigenvalue weighted by Crippen LogP contribution is 2.29. The van der Waals surface area contributed by atoms with Crippen molar-refractivity contribution in [3.63, 3.8) is 0 Å².